The van der Waals surface area contributed by atoms with Gasteiger partial charge in [-0.2, -0.15) is 0 Å². The first kappa shape index (κ1) is 13.2. The molecule has 0 N–H and O–H groups in total. The van der Waals surface area contributed by atoms with Crippen molar-refractivity contribution < 1.29 is 4.79 Å². The second-order valence-corrected chi connectivity index (χ2v) is 7.52. The first-order valence-electron chi connectivity index (χ1n) is 7.54. The standard InChI is InChI=1S/C16H23NOS/c1-11-5-7-17(8-6-11)16(18)15-10-13-9-12(2)3-4-14(13)19-15/h10-12H,3-9H2,1-2H3/t12-/m1/s1. The Morgan fingerprint density at radius 2 is 1.95 bits per heavy atom. The minimum atomic E-state index is 0.277. The number of rotatable bonds is 1. The van der Waals surface area contributed by atoms with Crippen LogP contribution in [0.15, 0.2) is 6.07 Å². The van der Waals surface area contributed by atoms with Gasteiger partial charge in [0.25, 0.3) is 5.91 Å². The number of carbonyl (C=O) groups is 1. The van der Waals surface area contributed by atoms with Crippen molar-refractivity contribution >= 4 is 17.2 Å². The SMILES string of the molecule is CC1CCN(C(=O)c2cc3c(s2)CC[C@@H](C)C3)CC1. The van der Waals surface area contributed by atoms with Crippen LogP contribution in [0.3, 0.4) is 0 Å². The number of carbonyl (C=O) groups excluding carboxylic acids is 1. The molecule has 1 aliphatic carbocycles. The number of hydrogen-bond acceptors (Lipinski definition) is 2. The third-order valence-corrected chi connectivity index (χ3v) is 5.84. The van der Waals surface area contributed by atoms with Crippen molar-refractivity contribution in [3.8, 4) is 0 Å². The fraction of sp³-hybridized carbons (Fsp3) is 0.688. The van der Waals surface area contributed by atoms with Crippen molar-refractivity contribution in [2.45, 2.75) is 46.0 Å². The number of likely N-dealkylation sites (tertiary alicyclic amines) is 1. The Labute approximate surface area is 119 Å². The summed E-state index contributed by atoms with van der Waals surface area (Å²) in [4.78, 5) is 17.0. The Morgan fingerprint density at radius 1 is 1.21 bits per heavy atom. The number of piperidine rings is 1. The Hall–Kier alpha value is -0.830. The molecule has 3 rings (SSSR count). The van der Waals surface area contributed by atoms with Gasteiger partial charge >= 0.3 is 0 Å². The molecule has 0 radical (unpaired) electrons. The zero-order chi connectivity index (χ0) is 13.4. The van der Waals surface area contributed by atoms with Gasteiger partial charge in [-0.3, -0.25) is 4.79 Å². The lowest BCUT2D eigenvalue weighted by Crippen LogP contribution is -2.37. The van der Waals surface area contributed by atoms with E-state index in [0.717, 1.165) is 49.1 Å². The molecule has 0 spiro atoms. The Kier molecular flexibility index (Phi) is 3.66. The van der Waals surface area contributed by atoms with Crippen molar-refractivity contribution in [1.82, 2.24) is 4.90 Å². The number of amides is 1. The number of aryl methyl sites for hydroxylation is 1. The van der Waals surface area contributed by atoms with Gasteiger partial charge < -0.3 is 4.90 Å². The Morgan fingerprint density at radius 3 is 2.68 bits per heavy atom. The molecule has 1 fully saturated rings. The maximum atomic E-state index is 12.5. The van der Waals surface area contributed by atoms with Crippen LogP contribution in [0.1, 0.15) is 53.2 Å². The molecule has 3 heteroatoms. The molecule has 0 aromatic carbocycles. The first-order valence-corrected chi connectivity index (χ1v) is 8.36. The lowest BCUT2D eigenvalue weighted by Gasteiger charge is -2.29. The van der Waals surface area contributed by atoms with Crippen LogP contribution in [0.2, 0.25) is 0 Å². The molecule has 0 saturated carbocycles. The number of fused-ring (bicyclic) bond motifs is 1. The molecule has 2 nitrogen and oxygen atoms in total. The molecular formula is C16H23NOS. The zero-order valence-electron chi connectivity index (χ0n) is 11.9. The highest BCUT2D eigenvalue weighted by molar-refractivity contribution is 7.14. The summed E-state index contributed by atoms with van der Waals surface area (Å²) < 4.78 is 0. The third kappa shape index (κ3) is 2.71. The van der Waals surface area contributed by atoms with Gasteiger partial charge in [-0.1, -0.05) is 13.8 Å². The van der Waals surface area contributed by atoms with Gasteiger partial charge in [0, 0.05) is 18.0 Å². The minimum absolute atomic E-state index is 0.277. The predicted molar refractivity (Wildman–Crippen MR) is 79.8 cm³/mol. The van der Waals surface area contributed by atoms with Crippen molar-refractivity contribution in [1.29, 1.82) is 0 Å². The monoisotopic (exact) mass is 277 g/mol. The molecule has 19 heavy (non-hydrogen) atoms. The Balaban J connectivity index is 1.74. The average molecular weight is 277 g/mol. The Bertz CT molecular complexity index is 471. The maximum absolute atomic E-state index is 12.5. The van der Waals surface area contributed by atoms with E-state index in [1.54, 1.807) is 11.3 Å². The van der Waals surface area contributed by atoms with E-state index >= 15 is 0 Å². The van der Waals surface area contributed by atoms with Crippen LogP contribution >= 0.6 is 11.3 Å². The molecule has 1 amide bonds. The summed E-state index contributed by atoms with van der Waals surface area (Å²) in [5.74, 6) is 1.83. The van der Waals surface area contributed by atoms with E-state index in [-0.39, 0.29) is 5.91 Å². The van der Waals surface area contributed by atoms with Gasteiger partial charge in [-0.25, -0.2) is 0 Å². The fourth-order valence-electron chi connectivity index (χ4n) is 3.18. The molecule has 0 bridgehead atoms. The van der Waals surface area contributed by atoms with Gasteiger partial charge in [-0.15, -0.1) is 11.3 Å². The normalized spacial score (nSPS) is 24.3. The molecular weight excluding hydrogens is 254 g/mol. The van der Waals surface area contributed by atoms with Crippen LogP contribution in [0.25, 0.3) is 0 Å². The van der Waals surface area contributed by atoms with Crippen molar-refractivity contribution in [2.75, 3.05) is 13.1 Å². The van der Waals surface area contributed by atoms with Gasteiger partial charge in [0.2, 0.25) is 0 Å². The van der Waals surface area contributed by atoms with Gasteiger partial charge in [0.05, 0.1) is 4.88 Å². The highest BCUT2D eigenvalue weighted by atomic mass is 32.1. The van der Waals surface area contributed by atoms with E-state index in [1.807, 2.05) is 0 Å². The van der Waals surface area contributed by atoms with E-state index in [2.05, 4.69) is 24.8 Å². The van der Waals surface area contributed by atoms with Crippen molar-refractivity contribution in [3.63, 3.8) is 0 Å². The summed E-state index contributed by atoms with van der Waals surface area (Å²) in [6, 6.07) is 2.18. The van der Waals surface area contributed by atoms with E-state index < -0.39 is 0 Å². The topological polar surface area (TPSA) is 20.3 Å². The largest absolute Gasteiger partial charge is 0.338 e. The molecule has 1 saturated heterocycles. The minimum Gasteiger partial charge on any atom is -0.338 e. The van der Waals surface area contributed by atoms with E-state index in [1.165, 1.54) is 23.3 Å². The van der Waals surface area contributed by atoms with Crippen LogP contribution < -0.4 is 0 Å². The van der Waals surface area contributed by atoms with Crippen molar-refractivity contribution in [2.24, 2.45) is 11.8 Å². The quantitative estimate of drug-likeness (QED) is 0.765. The van der Waals surface area contributed by atoms with Crippen LogP contribution in [-0.2, 0) is 12.8 Å². The number of thiophene rings is 1. The van der Waals surface area contributed by atoms with E-state index in [0.29, 0.717) is 0 Å². The van der Waals surface area contributed by atoms with Gasteiger partial charge in [0.15, 0.2) is 0 Å². The van der Waals surface area contributed by atoms with Crippen LogP contribution in [0, 0.1) is 11.8 Å². The number of nitrogens with zero attached hydrogens (tertiary/aromatic N) is 1. The van der Waals surface area contributed by atoms with Crippen molar-refractivity contribution in [3.05, 3.63) is 21.4 Å². The summed E-state index contributed by atoms with van der Waals surface area (Å²) >= 11 is 1.75. The van der Waals surface area contributed by atoms with Gasteiger partial charge in [0.1, 0.15) is 0 Å². The van der Waals surface area contributed by atoms with E-state index in [9.17, 15) is 4.79 Å². The third-order valence-electron chi connectivity index (χ3n) is 4.61. The fourth-order valence-corrected chi connectivity index (χ4v) is 4.36. The summed E-state index contributed by atoms with van der Waals surface area (Å²) in [7, 11) is 0. The highest BCUT2D eigenvalue weighted by Gasteiger charge is 2.25. The lowest BCUT2D eigenvalue weighted by molar-refractivity contribution is 0.0702. The summed E-state index contributed by atoms with van der Waals surface area (Å²) in [6.07, 6.45) is 5.94. The molecule has 2 aliphatic rings. The van der Waals surface area contributed by atoms with Crippen LogP contribution in [-0.4, -0.2) is 23.9 Å². The molecule has 1 aliphatic heterocycles. The molecule has 1 aromatic heterocycles. The lowest BCUT2D eigenvalue weighted by atomic mass is 9.90. The summed E-state index contributed by atoms with van der Waals surface area (Å²) in [5.41, 5.74) is 1.44. The molecule has 2 heterocycles. The number of hydrogen-bond donors (Lipinski definition) is 0. The maximum Gasteiger partial charge on any atom is 0.263 e. The predicted octanol–water partition coefficient (Wildman–Crippen LogP) is 3.75. The highest BCUT2D eigenvalue weighted by Crippen LogP contribution is 2.33. The molecule has 104 valence electrons. The van der Waals surface area contributed by atoms with Crippen LogP contribution in [0.5, 0.6) is 0 Å². The zero-order valence-corrected chi connectivity index (χ0v) is 12.8. The first-order chi connectivity index (χ1) is 9.13. The second-order valence-electron chi connectivity index (χ2n) is 6.38. The second kappa shape index (κ2) is 5.28. The summed E-state index contributed by atoms with van der Waals surface area (Å²) in [6.45, 7) is 6.49. The summed E-state index contributed by atoms with van der Waals surface area (Å²) in [5, 5.41) is 0. The van der Waals surface area contributed by atoms with Crippen LogP contribution in [0.4, 0.5) is 0 Å². The molecule has 1 aromatic rings. The smallest absolute Gasteiger partial charge is 0.263 e. The molecule has 0 unspecified atom stereocenters. The van der Waals surface area contributed by atoms with Gasteiger partial charge in [-0.05, 0) is 55.6 Å². The average Bonchev–Trinajstić information content (AvgIpc) is 2.81. The van der Waals surface area contributed by atoms with E-state index in [4.69, 9.17) is 0 Å². The molecule has 1 atom stereocenters.